The Morgan fingerprint density at radius 3 is 1.53 bits per heavy atom. The number of ketones is 1. The predicted octanol–water partition coefficient (Wildman–Crippen LogP) is 2.80. The topological polar surface area (TPSA) is 129 Å². The van der Waals surface area contributed by atoms with Crippen molar-refractivity contribution in [2.75, 3.05) is 34.2 Å². The summed E-state index contributed by atoms with van der Waals surface area (Å²) in [6.07, 6.45) is 3.67. The minimum Gasteiger partial charge on any atom is -0.508 e. The van der Waals surface area contributed by atoms with E-state index in [0.29, 0.717) is 5.56 Å². The van der Waals surface area contributed by atoms with E-state index >= 15 is 0 Å². The van der Waals surface area contributed by atoms with Crippen LogP contribution in [0.2, 0.25) is 0 Å². The monoisotopic (exact) mass is 464 g/mol. The first-order valence-electron chi connectivity index (χ1n) is 9.15. The Labute approximate surface area is 186 Å². The molecule has 10 heteroatoms. The minimum absolute atomic E-state index is 0.0880. The van der Waals surface area contributed by atoms with Gasteiger partial charge >= 0.3 is 0 Å². The second-order valence-corrected chi connectivity index (χ2v) is 8.32. The van der Waals surface area contributed by atoms with Crippen LogP contribution in [0.4, 0.5) is 0 Å². The van der Waals surface area contributed by atoms with E-state index in [2.05, 4.69) is 0 Å². The third kappa shape index (κ3) is 6.17. The Bertz CT molecular complexity index is 1100. The number of aromatic hydroxyl groups is 2. The van der Waals surface area contributed by atoms with Crippen molar-refractivity contribution in [1.82, 2.24) is 0 Å². The molecule has 0 aromatic heterocycles. The summed E-state index contributed by atoms with van der Waals surface area (Å²) in [4.78, 5) is 12.3. The summed E-state index contributed by atoms with van der Waals surface area (Å²) in [5.74, 6) is -0.770. The van der Waals surface area contributed by atoms with E-state index in [4.69, 9.17) is 18.9 Å². The fourth-order valence-corrected chi connectivity index (χ4v) is 3.75. The number of ether oxygens (including phenoxy) is 4. The van der Waals surface area contributed by atoms with Gasteiger partial charge < -0.3 is 29.2 Å². The molecule has 0 bridgehead atoms. The molecule has 172 valence electrons. The highest BCUT2D eigenvalue weighted by Crippen LogP contribution is 2.35. The molecule has 2 aromatic carbocycles. The summed E-state index contributed by atoms with van der Waals surface area (Å²) in [7, 11) is 1.55. The van der Waals surface area contributed by atoms with Crippen molar-refractivity contribution in [3.8, 4) is 34.5 Å². The number of sulfone groups is 1. The summed E-state index contributed by atoms with van der Waals surface area (Å²) in [5, 5.41) is 20.2. The van der Waals surface area contributed by atoms with Crippen LogP contribution in [-0.4, -0.2) is 58.6 Å². The van der Waals surface area contributed by atoms with Crippen LogP contribution in [0, 0.1) is 0 Å². The highest BCUT2D eigenvalue weighted by molar-refractivity contribution is 7.95. The molecule has 0 aliphatic carbocycles. The Kier molecular flexibility index (Phi) is 8.14. The van der Waals surface area contributed by atoms with Gasteiger partial charge in [-0.1, -0.05) is 0 Å². The molecule has 0 heterocycles. The number of phenolic OH excluding ortho intramolecular Hbond substituents is 2. The fraction of sp³-hybridized carbons (Fsp3) is 0.227. The molecular weight excluding hydrogens is 440 g/mol. The maximum atomic E-state index is 12.4. The molecule has 0 spiro atoms. The Morgan fingerprint density at radius 1 is 0.781 bits per heavy atom. The molecule has 0 saturated heterocycles. The lowest BCUT2D eigenvalue weighted by atomic mass is 10.1. The normalized spacial score (nSPS) is 11.6. The number of allylic oxidation sites excluding steroid dienone is 1. The summed E-state index contributed by atoms with van der Waals surface area (Å²) in [6.45, 7) is 0. The van der Waals surface area contributed by atoms with Gasteiger partial charge in [-0.2, -0.15) is 0 Å². The largest absolute Gasteiger partial charge is 0.508 e. The Balaban J connectivity index is 2.25. The van der Waals surface area contributed by atoms with Gasteiger partial charge in [0.2, 0.25) is 0 Å². The van der Waals surface area contributed by atoms with Crippen LogP contribution in [0.3, 0.4) is 0 Å². The maximum absolute atomic E-state index is 12.4. The van der Waals surface area contributed by atoms with E-state index in [0.717, 1.165) is 11.5 Å². The summed E-state index contributed by atoms with van der Waals surface area (Å²) < 4.78 is 45.5. The number of carbonyl (C=O) groups is 1. The van der Waals surface area contributed by atoms with Crippen molar-refractivity contribution >= 4 is 27.8 Å². The van der Waals surface area contributed by atoms with Crippen LogP contribution in [0.5, 0.6) is 34.5 Å². The first-order valence-corrected chi connectivity index (χ1v) is 10.9. The standard InChI is InChI=1S/C22H24O9S/c1-28-19-9-15(24)10-20(29-2)17(19)6-5-14(23)13-32(26,27)8-7-18-21(30-3)11-16(25)12-22(18)31-4/h5-12,24-25H,13H2,1-4H3/b6-5+,8-7-. The molecular formula is C22H24O9S. The third-order valence-electron chi connectivity index (χ3n) is 4.28. The van der Waals surface area contributed by atoms with Crippen LogP contribution in [0.1, 0.15) is 11.1 Å². The number of methoxy groups -OCH3 is 4. The van der Waals surface area contributed by atoms with E-state index in [1.807, 2.05) is 0 Å². The lowest BCUT2D eigenvalue weighted by Crippen LogP contribution is -2.11. The van der Waals surface area contributed by atoms with E-state index in [-0.39, 0.29) is 40.1 Å². The van der Waals surface area contributed by atoms with Crippen molar-refractivity contribution in [3.05, 3.63) is 46.9 Å². The number of hydrogen-bond donors (Lipinski definition) is 2. The van der Waals surface area contributed by atoms with Gasteiger partial charge in [0.05, 0.1) is 39.6 Å². The third-order valence-corrected chi connectivity index (χ3v) is 5.52. The summed E-state index contributed by atoms with van der Waals surface area (Å²) >= 11 is 0. The number of rotatable bonds is 10. The molecule has 0 radical (unpaired) electrons. The zero-order chi connectivity index (χ0) is 23.9. The number of carbonyl (C=O) groups excluding carboxylic acids is 1. The van der Waals surface area contributed by atoms with Crippen LogP contribution in [0.25, 0.3) is 12.2 Å². The van der Waals surface area contributed by atoms with E-state index in [9.17, 15) is 23.4 Å². The molecule has 9 nitrogen and oxygen atoms in total. The second-order valence-electron chi connectivity index (χ2n) is 6.44. The molecule has 0 aliphatic rings. The highest BCUT2D eigenvalue weighted by atomic mass is 32.2. The smallest absolute Gasteiger partial charge is 0.179 e. The lowest BCUT2D eigenvalue weighted by Gasteiger charge is -2.11. The average Bonchev–Trinajstić information content (AvgIpc) is 2.75. The van der Waals surface area contributed by atoms with E-state index in [1.54, 1.807) is 0 Å². The van der Waals surface area contributed by atoms with Gasteiger partial charge in [-0.25, -0.2) is 8.42 Å². The lowest BCUT2D eigenvalue weighted by molar-refractivity contribution is -0.112. The number of phenols is 2. The molecule has 2 aromatic rings. The molecule has 2 rings (SSSR count). The average molecular weight is 464 g/mol. The van der Waals surface area contributed by atoms with Crippen molar-refractivity contribution in [3.63, 3.8) is 0 Å². The van der Waals surface area contributed by atoms with Crippen molar-refractivity contribution in [2.45, 2.75) is 0 Å². The number of benzene rings is 2. The van der Waals surface area contributed by atoms with Crippen LogP contribution in [-0.2, 0) is 14.6 Å². The first kappa shape index (κ1) is 24.6. The fourth-order valence-electron chi connectivity index (χ4n) is 2.82. The molecule has 0 saturated carbocycles. The van der Waals surface area contributed by atoms with Gasteiger partial charge in [-0.05, 0) is 18.2 Å². The van der Waals surface area contributed by atoms with Crippen molar-refractivity contribution in [2.24, 2.45) is 0 Å². The zero-order valence-corrected chi connectivity index (χ0v) is 18.8. The predicted molar refractivity (Wildman–Crippen MR) is 119 cm³/mol. The van der Waals surface area contributed by atoms with E-state index < -0.39 is 21.4 Å². The van der Waals surface area contributed by atoms with Gasteiger partial charge in [0.1, 0.15) is 40.2 Å². The quantitative estimate of drug-likeness (QED) is 0.510. The van der Waals surface area contributed by atoms with Gasteiger partial charge in [-0.3, -0.25) is 4.79 Å². The van der Waals surface area contributed by atoms with Crippen LogP contribution < -0.4 is 18.9 Å². The second kappa shape index (κ2) is 10.6. The first-order chi connectivity index (χ1) is 15.1. The molecule has 2 N–H and O–H groups in total. The summed E-state index contributed by atoms with van der Waals surface area (Å²) in [5.41, 5.74) is 0.658. The van der Waals surface area contributed by atoms with Gasteiger partial charge in [0.15, 0.2) is 15.6 Å². The van der Waals surface area contributed by atoms with Gasteiger partial charge in [0.25, 0.3) is 0 Å². The highest BCUT2D eigenvalue weighted by Gasteiger charge is 2.16. The molecule has 0 atom stereocenters. The summed E-state index contributed by atoms with van der Waals surface area (Å²) in [6, 6.07) is 5.29. The molecule has 0 aliphatic heterocycles. The van der Waals surface area contributed by atoms with Crippen molar-refractivity contribution < 1.29 is 42.4 Å². The Hall–Kier alpha value is -3.66. The molecule has 0 fully saturated rings. The minimum atomic E-state index is -3.94. The maximum Gasteiger partial charge on any atom is 0.179 e. The van der Waals surface area contributed by atoms with Gasteiger partial charge in [0, 0.05) is 29.7 Å². The van der Waals surface area contributed by atoms with Gasteiger partial charge in [-0.15, -0.1) is 0 Å². The molecule has 32 heavy (non-hydrogen) atoms. The van der Waals surface area contributed by atoms with E-state index in [1.165, 1.54) is 64.9 Å². The zero-order valence-electron chi connectivity index (χ0n) is 18.0. The SMILES string of the molecule is COc1cc(O)cc(OC)c1/C=C\S(=O)(=O)CC(=O)/C=C/c1c(OC)cc(O)cc1OC. The molecule has 0 unspecified atom stereocenters. The van der Waals surface area contributed by atoms with Crippen molar-refractivity contribution in [1.29, 1.82) is 0 Å². The molecule has 0 amide bonds. The number of hydrogen-bond acceptors (Lipinski definition) is 9. The van der Waals surface area contributed by atoms with Crippen LogP contribution >= 0.6 is 0 Å². The Morgan fingerprint density at radius 2 is 1.16 bits per heavy atom. The van der Waals surface area contributed by atoms with Crippen LogP contribution in [0.15, 0.2) is 35.7 Å².